The first-order chi connectivity index (χ1) is 5.83. The summed E-state index contributed by atoms with van der Waals surface area (Å²) in [5.41, 5.74) is 7.87. The molecule has 0 bridgehead atoms. The number of hydrogen-bond donors (Lipinski definition) is 1. The zero-order chi connectivity index (χ0) is 8.81. The van der Waals surface area contributed by atoms with Crippen LogP contribution >= 0.6 is 23.4 Å². The maximum Gasteiger partial charge on any atom is 0.0314 e. The van der Waals surface area contributed by atoms with Crippen molar-refractivity contribution in [1.29, 1.82) is 0 Å². The molecule has 0 spiro atoms. The first kappa shape index (κ1) is 9.49. The smallest absolute Gasteiger partial charge is 0.0314 e. The fraction of sp³-hybridized carbons (Fsp3) is 0.111. The van der Waals surface area contributed by atoms with Gasteiger partial charge in [-0.3, -0.25) is 0 Å². The van der Waals surface area contributed by atoms with Crippen molar-refractivity contribution in [3.63, 3.8) is 0 Å². The van der Waals surface area contributed by atoms with Gasteiger partial charge in [0.1, 0.15) is 0 Å². The minimum atomic E-state index is 0.798. The minimum absolute atomic E-state index is 0.798. The second-order valence-corrected chi connectivity index (χ2v) is 3.59. The fourth-order valence-corrected chi connectivity index (χ4v) is 1.65. The van der Waals surface area contributed by atoms with Crippen LogP contribution in [0.15, 0.2) is 40.8 Å². The molecule has 64 valence electrons. The van der Waals surface area contributed by atoms with Crippen molar-refractivity contribution in [3.8, 4) is 0 Å². The van der Waals surface area contributed by atoms with Crippen LogP contribution in [0.25, 0.3) is 0 Å². The van der Waals surface area contributed by atoms with Crippen LogP contribution < -0.4 is 5.73 Å². The van der Waals surface area contributed by atoms with Gasteiger partial charge in [-0.15, -0.1) is 11.8 Å². The van der Waals surface area contributed by atoms with Crippen molar-refractivity contribution in [2.45, 2.75) is 4.90 Å². The SMILES string of the molecule is Nc1ccc(SC/C=C/Cl)cc1. The van der Waals surface area contributed by atoms with Crippen LogP contribution in [0.5, 0.6) is 0 Å². The first-order valence-corrected chi connectivity index (χ1v) is 4.98. The lowest BCUT2D eigenvalue weighted by Crippen LogP contribution is -1.82. The predicted molar refractivity (Wildman–Crippen MR) is 56.6 cm³/mol. The third-order valence-electron chi connectivity index (χ3n) is 1.32. The van der Waals surface area contributed by atoms with Gasteiger partial charge in [0.25, 0.3) is 0 Å². The van der Waals surface area contributed by atoms with E-state index in [1.54, 1.807) is 11.8 Å². The summed E-state index contributed by atoms with van der Waals surface area (Å²) in [6.07, 6.45) is 1.91. The Morgan fingerprint density at radius 2 is 2.00 bits per heavy atom. The Morgan fingerprint density at radius 1 is 1.33 bits per heavy atom. The number of halogens is 1. The van der Waals surface area contributed by atoms with Gasteiger partial charge in [0.15, 0.2) is 0 Å². The van der Waals surface area contributed by atoms with Gasteiger partial charge >= 0.3 is 0 Å². The van der Waals surface area contributed by atoms with Gasteiger partial charge in [-0.2, -0.15) is 0 Å². The van der Waals surface area contributed by atoms with Crippen molar-refractivity contribution in [2.24, 2.45) is 0 Å². The van der Waals surface area contributed by atoms with E-state index in [-0.39, 0.29) is 0 Å². The van der Waals surface area contributed by atoms with E-state index >= 15 is 0 Å². The normalized spacial score (nSPS) is 10.8. The highest BCUT2D eigenvalue weighted by atomic mass is 35.5. The highest BCUT2D eigenvalue weighted by molar-refractivity contribution is 7.99. The standard InChI is InChI=1S/C9H10ClNS/c10-6-1-7-12-9-4-2-8(11)3-5-9/h1-6H,7,11H2/b6-1+. The first-order valence-electron chi connectivity index (χ1n) is 3.56. The topological polar surface area (TPSA) is 26.0 Å². The third-order valence-corrected chi connectivity index (χ3v) is 2.46. The molecule has 0 saturated carbocycles. The molecule has 0 atom stereocenters. The molecule has 3 heteroatoms. The van der Waals surface area contributed by atoms with Crippen LogP contribution in [0.3, 0.4) is 0 Å². The van der Waals surface area contributed by atoms with Gasteiger partial charge in [-0.05, 0) is 24.3 Å². The van der Waals surface area contributed by atoms with E-state index in [0.29, 0.717) is 0 Å². The van der Waals surface area contributed by atoms with Crippen molar-refractivity contribution in [3.05, 3.63) is 35.9 Å². The molecule has 0 aliphatic heterocycles. The zero-order valence-corrected chi connectivity index (χ0v) is 8.11. The van der Waals surface area contributed by atoms with Crippen LogP contribution in [0.2, 0.25) is 0 Å². The van der Waals surface area contributed by atoms with E-state index < -0.39 is 0 Å². The minimum Gasteiger partial charge on any atom is -0.399 e. The monoisotopic (exact) mass is 199 g/mol. The Bertz CT molecular complexity index is 256. The Balaban J connectivity index is 2.47. The Kier molecular flexibility index (Phi) is 4.05. The van der Waals surface area contributed by atoms with Gasteiger partial charge in [-0.25, -0.2) is 0 Å². The van der Waals surface area contributed by atoms with Gasteiger partial charge in [0.05, 0.1) is 0 Å². The number of benzene rings is 1. The molecule has 1 aromatic carbocycles. The molecule has 0 radical (unpaired) electrons. The third kappa shape index (κ3) is 3.20. The van der Waals surface area contributed by atoms with E-state index in [1.807, 2.05) is 30.3 Å². The van der Waals surface area contributed by atoms with Gasteiger partial charge in [0.2, 0.25) is 0 Å². The van der Waals surface area contributed by atoms with Crippen LogP contribution in [0.1, 0.15) is 0 Å². The maximum atomic E-state index is 5.54. The lowest BCUT2D eigenvalue weighted by Gasteiger charge is -1.97. The summed E-state index contributed by atoms with van der Waals surface area (Å²) in [6.45, 7) is 0. The molecule has 0 amide bonds. The van der Waals surface area contributed by atoms with E-state index in [4.69, 9.17) is 17.3 Å². The van der Waals surface area contributed by atoms with Crippen LogP contribution in [-0.4, -0.2) is 5.75 Å². The summed E-state index contributed by atoms with van der Waals surface area (Å²) in [4.78, 5) is 1.21. The summed E-state index contributed by atoms with van der Waals surface area (Å²) in [5, 5.41) is 0. The molecule has 0 unspecified atom stereocenters. The molecule has 1 rings (SSSR count). The number of nitrogen functional groups attached to an aromatic ring is 1. The molecule has 0 saturated heterocycles. The van der Waals surface area contributed by atoms with Crippen molar-refractivity contribution in [2.75, 3.05) is 11.5 Å². The number of thioether (sulfide) groups is 1. The lowest BCUT2D eigenvalue weighted by atomic mass is 10.3. The Hall–Kier alpha value is -0.600. The summed E-state index contributed by atoms with van der Waals surface area (Å²) in [7, 11) is 0. The van der Waals surface area contributed by atoms with Crippen LogP contribution in [0, 0.1) is 0 Å². The zero-order valence-electron chi connectivity index (χ0n) is 6.53. The number of rotatable bonds is 3. The molecule has 1 aromatic rings. The van der Waals surface area contributed by atoms with E-state index in [0.717, 1.165) is 11.4 Å². The summed E-state index contributed by atoms with van der Waals surface area (Å²) in [6, 6.07) is 7.80. The Labute approximate surface area is 81.6 Å². The highest BCUT2D eigenvalue weighted by Crippen LogP contribution is 2.18. The number of nitrogens with two attached hydrogens (primary N) is 1. The molecule has 0 aromatic heterocycles. The molecule has 12 heavy (non-hydrogen) atoms. The molecule has 0 aliphatic carbocycles. The van der Waals surface area contributed by atoms with Crippen molar-refractivity contribution >= 4 is 29.1 Å². The van der Waals surface area contributed by atoms with Crippen LogP contribution in [0.4, 0.5) is 5.69 Å². The average Bonchev–Trinajstić information content (AvgIpc) is 2.09. The highest BCUT2D eigenvalue weighted by Gasteiger charge is 1.90. The van der Waals surface area contributed by atoms with E-state index in [1.165, 1.54) is 10.4 Å². The molecule has 0 heterocycles. The summed E-state index contributed by atoms with van der Waals surface area (Å²) in [5.74, 6) is 0.896. The Morgan fingerprint density at radius 3 is 2.58 bits per heavy atom. The molecule has 0 aliphatic rings. The lowest BCUT2D eigenvalue weighted by molar-refractivity contribution is 1.46. The molecular formula is C9H10ClNS. The predicted octanol–water partition coefficient (Wildman–Crippen LogP) is 3.11. The second-order valence-electron chi connectivity index (χ2n) is 2.24. The average molecular weight is 200 g/mol. The molecule has 1 nitrogen and oxygen atoms in total. The van der Waals surface area contributed by atoms with Crippen molar-refractivity contribution < 1.29 is 0 Å². The molecular weight excluding hydrogens is 190 g/mol. The fourth-order valence-electron chi connectivity index (χ4n) is 0.745. The quantitative estimate of drug-likeness (QED) is 0.598. The largest absolute Gasteiger partial charge is 0.399 e. The maximum absolute atomic E-state index is 5.54. The molecule has 0 fully saturated rings. The summed E-state index contributed by atoms with van der Waals surface area (Å²) < 4.78 is 0. The summed E-state index contributed by atoms with van der Waals surface area (Å²) >= 11 is 7.11. The van der Waals surface area contributed by atoms with Gasteiger partial charge < -0.3 is 5.73 Å². The molecule has 2 N–H and O–H groups in total. The van der Waals surface area contributed by atoms with E-state index in [2.05, 4.69) is 0 Å². The van der Waals surface area contributed by atoms with E-state index in [9.17, 15) is 0 Å². The second kappa shape index (κ2) is 5.12. The van der Waals surface area contributed by atoms with Crippen LogP contribution in [-0.2, 0) is 0 Å². The van der Waals surface area contributed by atoms with Gasteiger partial charge in [-0.1, -0.05) is 17.7 Å². The number of hydrogen-bond acceptors (Lipinski definition) is 2. The van der Waals surface area contributed by atoms with Gasteiger partial charge in [0, 0.05) is 21.9 Å². The van der Waals surface area contributed by atoms with Crippen molar-refractivity contribution in [1.82, 2.24) is 0 Å². The number of anilines is 1.